The van der Waals surface area contributed by atoms with Gasteiger partial charge in [0.15, 0.2) is 5.82 Å². The summed E-state index contributed by atoms with van der Waals surface area (Å²) in [5.74, 6) is 1.53. The Morgan fingerprint density at radius 2 is 2.41 bits per heavy atom. The molecule has 2 aromatic heterocycles. The molecule has 8 nitrogen and oxygen atoms in total. The minimum atomic E-state index is -0.261. The third-order valence-electron chi connectivity index (χ3n) is 3.70. The number of ether oxygens (including phenoxy) is 1. The minimum Gasteiger partial charge on any atom is -0.366 e. The second-order valence-corrected chi connectivity index (χ2v) is 5.39. The van der Waals surface area contributed by atoms with Gasteiger partial charge in [-0.2, -0.15) is 10.2 Å². The number of carbonyl (C=O) groups is 1. The maximum atomic E-state index is 12.4. The summed E-state index contributed by atoms with van der Waals surface area (Å²) in [7, 11) is 1.84. The molecule has 0 bridgehead atoms. The van der Waals surface area contributed by atoms with Crippen molar-refractivity contribution in [3.63, 3.8) is 0 Å². The topological polar surface area (TPSA) is 88.9 Å². The van der Waals surface area contributed by atoms with Crippen LogP contribution in [0, 0.1) is 0 Å². The van der Waals surface area contributed by atoms with Crippen LogP contribution in [0.2, 0.25) is 0 Å². The number of amides is 1. The van der Waals surface area contributed by atoms with E-state index in [0.717, 1.165) is 17.8 Å². The number of hydrogen-bond acceptors (Lipinski definition) is 5. The Bertz CT molecular complexity index is 649. The SMILES string of the molecule is CCc1nc([C@@H]2CN(C(=O)Cc3cnn(C)c3)CCO2)n[nH]1. The van der Waals surface area contributed by atoms with Gasteiger partial charge in [0, 0.05) is 26.2 Å². The van der Waals surface area contributed by atoms with E-state index in [9.17, 15) is 4.79 Å². The summed E-state index contributed by atoms with van der Waals surface area (Å²) in [6.07, 6.45) is 4.47. The molecule has 1 aliphatic heterocycles. The minimum absolute atomic E-state index is 0.0764. The molecular weight excluding hydrogens is 284 g/mol. The fourth-order valence-corrected chi connectivity index (χ4v) is 2.49. The summed E-state index contributed by atoms with van der Waals surface area (Å²) in [5, 5.41) is 11.1. The molecule has 0 radical (unpaired) electrons. The Kier molecular flexibility index (Phi) is 4.19. The van der Waals surface area contributed by atoms with Gasteiger partial charge in [-0.15, -0.1) is 0 Å². The van der Waals surface area contributed by atoms with Crippen LogP contribution in [0.15, 0.2) is 12.4 Å². The van der Waals surface area contributed by atoms with Crippen molar-refractivity contribution in [2.75, 3.05) is 19.7 Å². The normalized spacial score (nSPS) is 18.6. The van der Waals surface area contributed by atoms with Crippen LogP contribution < -0.4 is 0 Å². The monoisotopic (exact) mass is 304 g/mol. The molecule has 1 aliphatic rings. The zero-order chi connectivity index (χ0) is 15.5. The summed E-state index contributed by atoms with van der Waals surface area (Å²) >= 11 is 0. The van der Waals surface area contributed by atoms with Gasteiger partial charge in [0.25, 0.3) is 0 Å². The first kappa shape index (κ1) is 14.7. The van der Waals surface area contributed by atoms with Crippen molar-refractivity contribution in [1.29, 1.82) is 0 Å². The fraction of sp³-hybridized carbons (Fsp3) is 0.571. The number of rotatable bonds is 4. The summed E-state index contributed by atoms with van der Waals surface area (Å²) in [6.45, 7) is 3.59. The molecule has 3 heterocycles. The van der Waals surface area contributed by atoms with E-state index < -0.39 is 0 Å². The molecule has 1 atom stereocenters. The number of aryl methyl sites for hydroxylation is 2. The molecule has 8 heteroatoms. The van der Waals surface area contributed by atoms with Crippen LogP contribution in [0.5, 0.6) is 0 Å². The van der Waals surface area contributed by atoms with Gasteiger partial charge >= 0.3 is 0 Å². The molecule has 1 saturated heterocycles. The van der Waals surface area contributed by atoms with Gasteiger partial charge in [0.2, 0.25) is 5.91 Å². The second kappa shape index (κ2) is 6.27. The van der Waals surface area contributed by atoms with E-state index in [1.807, 2.05) is 25.1 Å². The van der Waals surface area contributed by atoms with E-state index in [4.69, 9.17) is 4.74 Å². The van der Waals surface area contributed by atoms with Crippen molar-refractivity contribution in [2.24, 2.45) is 7.05 Å². The zero-order valence-corrected chi connectivity index (χ0v) is 12.8. The maximum Gasteiger partial charge on any atom is 0.227 e. The van der Waals surface area contributed by atoms with Gasteiger partial charge in [-0.1, -0.05) is 6.92 Å². The molecule has 0 unspecified atom stereocenters. The summed E-state index contributed by atoms with van der Waals surface area (Å²) in [4.78, 5) is 18.6. The number of morpholine rings is 1. The Labute approximate surface area is 128 Å². The summed E-state index contributed by atoms with van der Waals surface area (Å²) in [5.41, 5.74) is 0.918. The average Bonchev–Trinajstić information content (AvgIpc) is 3.16. The molecule has 0 aromatic carbocycles. The maximum absolute atomic E-state index is 12.4. The van der Waals surface area contributed by atoms with Crippen LogP contribution in [-0.2, 0) is 29.4 Å². The number of aromatic amines is 1. The van der Waals surface area contributed by atoms with Crippen molar-refractivity contribution in [3.05, 3.63) is 29.6 Å². The van der Waals surface area contributed by atoms with Gasteiger partial charge in [0.05, 0.1) is 25.8 Å². The number of nitrogens with one attached hydrogen (secondary N) is 1. The number of aromatic nitrogens is 5. The molecule has 0 saturated carbocycles. The van der Waals surface area contributed by atoms with Gasteiger partial charge < -0.3 is 9.64 Å². The van der Waals surface area contributed by atoms with Crippen LogP contribution in [0.25, 0.3) is 0 Å². The molecule has 118 valence electrons. The largest absolute Gasteiger partial charge is 0.366 e. The predicted octanol–water partition coefficient (Wildman–Crippen LogP) is 0.243. The molecule has 22 heavy (non-hydrogen) atoms. The smallest absolute Gasteiger partial charge is 0.227 e. The highest BCUT2D eigenvalue weighted by atomic mass is 16.5. The lowest BCUT2D eigenvalue weighted by atomic mass is 10.2. The van der Waals surface area contributed by atoms with Crippen molar-refractivity contribution in [3.8, 4) is 0 Å². The molecule has 2 aromatic rings. The standard InChI is InChI=1S/C14H20N6O2/c1-3-12-16-14(18-17-12)11-9-20(4-5-22-11)13(21)6-10-7-15-19(2)8-10/h7-8,11H,3-6,9H2,1-2H3,(H,16,17,18)/t11-/m0/s1. The van der Waals surface area contributed by atoms with Gasteiger partial charge in [-0.3, -0.25) is 14.6 Å². The molecule has 0 spiro atoms. The highest BCUT2D eigenvalue weighted by molar-refractivity contribution is 5.78. The van der Waals surface area contributed by atoms with E-state index >= 15 is 0 Å². The number of H-pyrrole nitrogens is 1. The Hall–Kier alpha value is -2.22. The first-order valence-corrected chi connectivity index (χ1v) is 7.43. The summed E-state index contributed by atoms with van der Waals surface area (Å²) < 4.78 is 7.40. The van der Waals surface area contributed by atoms with Crippen molar-refractivity contribution >= 4 is 5.91 Å². The van der Waals surface area contributed by atoms with Crippen LogP contribution >= 0.6 is 0 Å². The van der Waals surface area contributed by atoms with E-state index in [-0.39, 0.29) is 12.0 Å². The van der Waals surface area contributed by atoms with Crippen LogP contribution in [0.3, 0.4) is 0 Å². The van der Waals surface area contributed by atoms with Crippen LogP contribution in [0.4, 0.5) is 0 Å². The Morgan fingerprint density at radius 3 is 3.09 bits per heavy atom. The van der Waals surface area contributed by atoms with Crippen molar-refractivity contribution < 1.29 is 9.53 Å². The van der Waals surface area contributed by atoms with Crippen LogP contribution in [0.1, 0.15) is 30.2 Å². The van der Waals surface area contributed by atoms with Gasteiger partial charge in [-0.25, -0.2) is 4.98 Å². The van der Waals surface area contributed by atoms with Crippen molar-refractivity contribution in [1.82, 2.24) is 29.9 Å². The first-order valence-electron chi connectivity index (χ1n) is 7.43. The number of carbonyl (C=O) groups excluding carboxylic acids is 1. The molecule has 1 amide bonds. The quantitative estimate of drug-likeness (QED) is 0.874. The van der Waals surface area contributed by atoms with Crippen LogP contribution in [-0.4, -0.2) is 55.5 Å². The average molecular weight is 304 g/mol. The zero-order valence-electron chi connectivity index (χ0n) is 12.8. The Morgan fingerprint density at radius 1 is 1.55 bits per heavy atom. The molecule has 1 fully saturated rings. The number of hydrogen-bond donors (Lipinski definition) is 1. The molecule has 0 aliphatic carbocycles. The molecule has 3 rings (SSSR count). The summed E-state index contributed by atoms with van der Waals surface area (Å²) in [6, 6.07) is 0. The highest BCUT2D eigenvalue weighted by Gasteiger charge is 2.28. The van der Waals surface area contributed by atoms with E-state index in [0.29, 0.717) is 31.9 Å². The molecular formula is C14H20N6O2. The first-order chi connectivity index (χ1) is 10.7. The van der Waals surface area contributed by atoms with Gasteiger partial charge in [-0.05, 0) is 5.56 Å². The third-order valence-corrected chi connectivity index (χ3v) is 3.70. The lowest BCUT2D eigenvalue weighted by molar-refractivity contribution is -0.138. The lowest BCUT2D eigenvalue weighted by Gasteiger charge is -2.31. The highest BCUT2D eigenvalue weighted by Crippen LogP contribution is 2.19. The lowest BCUT2D eigenvalue weighted by Crippen LogP contribution is -2.43. The van der Waals surface area contributed by atoms with E-state index in [2.05, 4.69) is 20.3 Å². The fourth-order valence-electron chi connectivity index (χ4n) is 2.49. The second-order valence-electron chi connectivity index (χ2n) is 5.39. The third kappa shape index (κ3) is 3.16. The Balaban J connectivity index is 1.63. The van der Waals surface area contributed by atoms with Crippen molar-refractivity contribution in [2.45, 2.75) is 25.9 Å². The van der Waals surface area contributed by atoms with Gasteiger partial charge in [0.1, 0.15) is 11.9 Å². The van der Waals surface area contributed by atoms with E-state index in [1.54, 1.807) is 10.9 Å². The van der Waals surface area contributed by atoms with E-state index in [1.165, 1.54) is 0 Å². The number of nitrogens with zero attached hydrogens (tertiary/aromatic N) is 5. The predicted molar refractivity (Wildman–Crippen MR) is 77.9 cm³/mol. The molecule has 1 N–H and O–H groups in total.